The smallest absolute Gasteiger partial charge is 0.153 e. The van der Waals surface area contributed by atoms with Crippen molar-refractivity contribution in [2.75, 3.05) is 11.4 Å². The van der Waals surface area contributed by atoms with Crippen molar-refractivity contribution in [3.8, 4) is 0 Å². The topological polar surface area (TPSA) is 20.3 Å². The molecule has 2 nitrogen and oxygen atoms in total. The van der Waals surface area contributed by atoms with Crippen molar-refractivity contribution in [1.29, 1.82) is 0 Å². The summed E-state index contributed by atoms with van der Waals surface area (Å²) in [6.45, 7) is 5.33. The highest BCUT2D eigenvalue weighted by Gasteiger charge is 2.27. The Bertz CT molecular complexity index is 413. The van der Waals surface area contributed by atoms with Crippen LogP contribution >= 0.6 is 11.6 Å². The van der Waals surface area contributed by atoms with Crippen LogP contribution in [0.2, 0.25) is 5.02 Å². The molecule has 2 rings (SSSR count). The number of carbonyl (C=O) groups excluding carboxylic acids is 1. The van der Waals surface area contributed by atoms with Crippen LogP contribution in [0.4, 0.5) is 5.69 Å². The second kappa shape index (κ2) is 5.09. The largest absolute Gasteiger partial charge is 0.368 e. The van der Waals surface area contributed by atoms with E-state index in [2.05, 4.69) is 18.7 Å². The highest BCUT2D eigenvalue weighted by molar-refractivity contribution is 6.33. The van der Waals surface area contributed by atoms with Crippen molar-refractivity contribution in [2.45, 2.75) is 32.7 Å². The lowest BCUT2D eigenvalue weighted by molar-refractivity contribution is 0.112. The van der Waals surface area contributed by atoms with Crippen molar-refractivity contribution >= 4 is 23.6 Å². The molecule has 0 amide bonds. The molecule has 0 radical (unpaired) electrons. The molecule has 0 bridgehead atoms. The summed E-state index contributed by atoms with van der Waals surface area (Å²) < 4.78 is 0. The van der Waals surface area contributed by atoms with Gasteiger partial charge in [0.2, 0.25) is 0 Å². The summed E-state index contributed by atoms with van der Waals surface area (Å²) in [6.07, 6.45) is 3.47. The summed E-state index contributed by atoms with van der Waals surface area (Å²) in [5.74, 6) is 0.788. The Morgan fingerprint density at radius 2 is 2.18 bits per heavy atom. The number of benzene rings is 1. The summed E-state index contributed by atoms with van der Waals surface area (Å²) in [5, 5.41) is 0.541. The van der Waals surface area contributed by atoms with Gasteiger partial charge in [-0.05, 0) is 44.7 Å². The molecule has 17 heavy (non-hydrogen) atoms. The van der Waals surface area contributed by atoms with E-state index in [0.29, 0.717) is 16.6 Å². The van der Waals surface area contributed by atoms with Crippen LogP contribution < -0.4 is 4.90 Å². The maximum absolute atomic E-state index is 11.2. The summed E-state index contributed by atoms with van der Waals surface area (Å²) in [6, 6.07) is 6.04. The van der Waals surface area contributed by atoms with E-state index in [-0.39, 0.29) is 0 Å². The van der Waals surface area contributed by atoms with Gasteiger partial charge < -0.3 is 4.90 Å². The Morgan fingerprint density at radius 3 is 2.71 bits per heavy atom. The van der Waals surface area contributed by atoms with Crippen molar-refractivity contribution in [2.24, 2.45) is 5.92 Å². The lowest BCUT2D eigenvalue weighted by Gasteiger charge is -2.30. The molecule has 1 aromatic rings. The number of hydrogen-bond donors (Lipinski definition) is 0. The Balaban J connectivity index is 2.33. The highest BCUT2D eigenvalue weighted by Crippen LogP contribution is 2.34. The maximum Gasteiger partial charge on any atom is 0.153 e. The summed E-state index contributed by atoms with van der Waals surface area (Å²) in [4.78, 5) is 13.5. The van der Waals surface area contributed by atoms with Crippen LogP contribution in [0.5, 0.6) is 0 Å². The standard InChI is InChI=1S/C14H18ClNO/c1-10(2)16(8-11-6-7-11)14-5-3-4-13(15)12(14)9-17/h3-5,9-11H,6-8H2,1-2H3. The SMILES string of the molecule is CC(C)N(CC1CC1)c1cccc(Cl)c1C=O. The third kappa shape index (κ3) is 2.81. The average Bonchev–Trinajstić information content (AvgIpc) is 3.09. The number of nitrogens with zero attached hydrogens (tertiary/aromatic N) is 1. The second-order valence-corrected chi connectivity index (χ2v) is 5.39. The normalized spacial score (nSPS) is 15.1. The van der Waals surface area contributed by atoms with Gasteiger partial charge in [0.25, 0.3) is 0 Å². The number of carbonyl (C=O) groups is 1. The molecule has 0 spiro atoms. The molecule has 0 N–H and O–H groups in total. The number of anilines is 1. The van der Waals surface area contributed by atoms with Gasteiger partial charge in [0.15, 0.2) is 6.29 Å². The van der Waals surface area contributed by atoms with Gasteiger partial charge in [0.1, 0.15) is 0 Å². The monoisotopic (exact) mass is 251 g/mol. The van der Waals surface area contributed by atoms with Gasteiger partial charge in [-0.2, -0.15) is 0 Å². The zero-order valence-electron chi connectivity index (χ0n) is 10.3. The molecule has 0 aromatic heterocycles. The lowest BCUT2D eigenvalue weighted by atomic mass is 10.1. The fraction of sp³-hybridized carbons (Fsp3) is 0.500. The first-order valence-corrected chi connectivity index (χ1v) is 6.51. The van der Waals surface area contributed by atoms with Crippen molar-refractivity contribution < 1.29 is 4.79 Å². The third-order valence-electron chi connectivity index (χ3n) is 3.23. The number of halogens is 1. The Kier molecular flexibility index (Phi) is 3.72. The maximum atomic E-state index is 11.2. The van der Waals surface area contributed by atoms with E-state index < -0.39 is 0 Å². The average molecular weight is 252 g/mol. The molecule has 0 aliphatic heterocycles. The van der Waals surface area contributed by atoms with Gasteiger partial charge in [-0.1, -0.05) is 17.7 Å². The van der Waals surface area contributed by atoms with E-state index in [9.17, 15) is 4.79 Å². The minimum Gasteiger partial charge on any atom is -0.368 e. The van der Waals surface area contributed by atoms with E-state index in [1.165, 1.54) is 12.8 Å². The van der Waals surface area contributed by atoms with E-state index in [1.807, 2.05) is 12.1 Å². The van der Waals surface area contributed by atoms with Crippen molar-refractivity contribution in [1.82, 2.24) is 0 Å². The zero-order valence-corrected chi connectivity index (χ0v) is 11.1. The molecule has 92 valence electrons. The molecule has 1 fully saturated rings. The van der Waals surface area contributed by atoms with Crippen LogP contribution in [-0.2, 0) is 0 Å². The first kappa shape index (κ1) is 12.4. The van der Waals surface area contributed by atoms with Gasteiger partial charge in [0.05, 0.1) is 10.6 Å². The second-order valence-electron chi connectivity index (χ2n) is 4.98. The quantitative estimate of drug-likeness (QED) is 0.743. The van der Waals surface area contributed by atoms with E-state index in [1.54, 1.807) is 6.07 Å². The predicted molar refractivity (Wildman–Crippen MR) is 72.0 cm³/mol. The number of hydrogen-bond acceptors (Lipinski definition) is 2. The van der Waals surface area contributed by atoms with Crippen LogP contribution in [0.15, 0.2) is 18.2 Å². The molecule has 0 heterocycles. The van der Waals surface area contributed by atoms with Gasteiger partial charge in [-0.25, -0.2) is 0 Å². The Hall–Kier alpha value is -1.02. The summed E-state index contributed by atoms with van der Waals surface area (Å²) in [7, 11) is 0. The fourth-order valence-corrected chi connectivity index (χ4v) is 2.27. The molecular formula is C14H18ClNO. The van der Waals surface area contributed by atoms with Gasteiger partial charge in [0, 0.05) is 18.3 Å². The minimum atomic E-state index is 0.382. The molecule has 0 unspecified atom stereocenters. The van der Waals surface area contributed by atoms with Crippen LogP contribution in [0.3, 0.4) is 0 Å². The van der Waals surface area contributed by atoms with Gasteiger partial charge in [-0.15, -0.1) is 0 Å². The molecular weight excluding hydrogens is 234 g/mol. The number of rotatable bonds is 5. The predicted octanol–water partition coefficient (Wildman–Crippen LogP) is 3.78. The Labute approximate surface area is 108 Å². The molecule has 0 saturated heterocycles. The Morgan fingerprint density at radius 1 is 1.47 bits per heavy atom. The zero-order chi connectivity index (χ0) is 12.4. The molecule has 3 heteroatoms. The number of aldehydes is 1. The van der Waals surface area contributed by atoms with E-state index >= 15 is 0 Å². The minimum absolute atomic E-state index is 0.382. The van der Waals surface area contributed by atoms with Gasteiger partial charge >= 0.3 is 0 Å². The van der Waals surface area contributed by atoms with Crippen LogP contribution in [0, 0.1) is 5.92 Å². The van der Waals surface area contributed by atoms with Crippen molar-refractivity contribution in [3.63, 3.8) is 0 Å². The third-order valence-corrected chi connectivity index (χ3v) is 3.56. The van der Waals surface area contributed by atoms with Crippen LogP contribution in [0.1, 0.15) is 37.0 Å². The van der Waals surface area contributed by atoms with E-state index in [4.69, 9.17) is 11.6 Å². The van der Waals surface area contributed by atoms with Crippen molar-refractivity contribution in [3.05, 3.63) is 28.8 Å². The molecule has 0 atom stereocenters. The molecule has 1 aromatic carbocycles. The highest BCUT2D eigenvalue weighted by atomic mass is 35.5. The first-order valence-electron chi connectivity index (χ1n) is 6.13. The van der Waals surface area contributed by atoms with Crippen LogP contribution in [0.25, 0.3) is 0 Å². The summed E-state index contributed by atoms with van der Waals surface area (Å²) in [5.41, 5.74) is 1.58. The summed E-state index contributed by atoms with van der Waals surface area (Å²) >= 11 is 6.07. The lowest BCUT2D eigenvalue weighted by Crippen LogP contribution is -2.33. The van der Waals surface area contributed by atoms with Crippen LogP contribution in [-0.4, -0.2) is 18.9 Å². The molecule has 1 saturated carbocycles. The fourth-order valence-electron chi connectivity index (χ4n) is 2.06. The molecule has 1 aliphatic rings. The van der Waals surface area contributed by atoms with Gasteiger partial charge in [-0.3, -0.25) is 4.79 Å². The first-order chi connectivity index (χ1) is 8.13. The molecule has 1 aliphatic carbocycles. The van der Waals surface area contributed by atoms with E-state index in [0.717, 1.165) is 24.4 Å².